The Morgan fingerprint density at radius 3 is 0.867 bits per heavy atom. The molecule has 0 spiro atoms. The van der Waals surface area contributed by atoms with Crippen LogP contribution < -0.4 is 4.89 Å². The van der Waals surface area contributed by atoms with Crippen molar-refractivity contribution in [1.29, 1.82) is 0 Å². The molecule has 10 heteroatoms. The van der Waals surface area contributed by atoms with Crippen LogP contribution in [0.5, 0.6) is 0 Å². The van der Waals surface area contributed by atoms with Gasteiger partial charge in [0.1, 0.15) is 19.8 Å². The molecule has 9 nitrogen and oxygen atoms in total. The summed E-state index contributed by atoms with van der Waals surface area (Å²) in [5.74, 6) is -0.830. The Morgan fingerprint density at radius 2 is 0.582 bits per heavy atom. The number of unbranched alkanes of at least 4 members (excludes halogenated alkanes) is 39. The van der Waals surface area contributed by atoms with Gasteiger partial charge in [-0.25, -0.2) is 0 Å². The third-order valence-corrected chi connectivity index (χ3v) is 18.6. The van der Waals surface area contributed by atoms with E-state index >= 15 is 0 Å². The standard InChI is InChI=1S/C88H154NO8P/c1-6-8-10-12-14-16-18-20-22-24-26-28-30-32-34-36-38-40-42-43-44-45-47-48-50-52-54-56-58-60-62-64-66-68-70-72-74-76-78-80-87(90)94-84-86(85-96-98(92,93)95-83-82-89(3,4)5)97-88(91)81-79-77-75-73-71-69-67-65-63-61-59-57-55-53-51-49-46-41-39-37-35-33-31-29-27-25-23-21-19-17-15-13-11-9-7-2/h9,11,15,17-18,20-21,23-24,26-27,29-30,32-33,35,39,41,49,51,55,57,86H,6-8,10,12-14,16,19,22,25,28,31,34,36-38,40,42-48,50,52-54,56,58-85H2,1-5H3/b11-9-,17-15-,20-18-,23-21-,26-24-,29-27-,32-30-,35-33-,41-39-,51-49-,57-55-. The Balaban J connectivity index is 3.98. The summed E-state index contributed by atoms with van der Waals surface area (Å²) in [7, 11) is 1.16. The van der Waals surface area contributed by atoms with E-state index in [4.69, 9.17) is 18.5 Å². The molecule has 0 aliphatic rings. The highest BCUT2D eigenvalue weighted by Crippen LogP contribution is 2.38. The van der Waals surface area contributed by atoms with Gasteiger partial charge in [0.25, 0.3) is 7.82 Å². The lowest BCUT2D eigenvalue weighted by Crippen LogP contribution is -2.37. The first-order chi connectivity index (χ1) is 48.0. The van der Waals surface area contributed by atoms with E-state index in [9.17, 15) is 19.0 Å². The fourth-order valence-corrected chi connectivity index (χ4v) is 12.2. The van der Waals surface area contributed by atoms with Crippen molar-refractivity contribution in [2.45, 2.75) is 367 Å². The summed E-state index contributed by atoms with van der Waals surface area (Å²) in [6.45, 7) is 4.14. The fourth-order valence-electron chi connectivity index (χ4n) is 11.4. The van der Waals surface area contributed by atoms with Crippen molar-refractivity contribution in [3.8, 4) is 0 Å². The molecule has 0 heterocycles. The number of ether oxygens (including phenoxy) is 2. The molecular formula is C88H154NO8P. The van der Waals surface area contributed by atoms with Gasteiger partial charge in [0.05, 0.1) is 27.7 Å². The Labute approximate surface area is 606 Å². The van der Waals surface area contributed by atoms with Crippen LogP contribution in [-0.2, 0) is 32.7 Å². The van der Waals surface area contributed by atoms with Crippen LogP contribution in [0.4, 0.5) is 0 Å². The molecule has 0 amide bonds. The molecule has 0 radical (unpaired) electrons. The Hall–Kier alpha value is -3.85. The summed E-state index contributed by atoms with van der Waals surface area (Å²) in [5.41, 5.74) is 0. The van der Waals surface area contributed by atoms with Crippen LogP contribution in [0.3, 0.4) is 0 Å². The van der Waals surface area contributed by atoms with Crippen molar-refractivity contribution in [2.24, 2.45) is 0 Å². The number of rotatable bonds is 75. The lowest BCUT2D eigenvalue weighted by atomic mass is 10.0. The molecule has 564 valence electrons. The first-order valence-corrected chi connectivity index (χ1v) is 42.4. The van der Waals surface area contributed by atoms with Crippen LogP contribution in [0.1, 0.15) is 361 Å². The molecule has 2 atom stereocenters. The molecule has 0 aliphatic carbocycles. The minimum absolute atomic E-state index is 0.0356. The molecule has 0 fully saturated rings. The van der Waals surface area contributed by atoms with Crippen molar-refractivity contribution in [2.75, 3.05) is 47.5 Å². The van der Waals surface area contributed by atoms with Crippen molar-refractivity contribution < 1.29 is 42.1 Å². The summed E-state index contributed by atoms with van der Waals surface area (Å²) in [5, 5.41) is 0. The van der Waals surface area contributed by atoms with Crippen LogP contribution in [-0.4, -0.2) is 70.0 Å². The Bertz CT molecular complexity index is 2120. The van der Waals surface area contributed by atoms with Gasteiger partial charge in [0, 0.05) is 12.8 Å². The molecule has 0 saturated carbocycles. The molecular weight excluding hydrogens is 1230 g/mol. The highest BCUT2D eigenvalue weighted by atomic mass is 31.2. The number of carbonyl (C=O) groups is 2. The van der Waals surface area contributed by atoms with Crippen LogP contribution in [0, 0.1) is 0 Å². The highest BCUT2D eigenvalue weighted by Gasteiger charge is 2.22. The predicted molar refractivity (Wildman–Crippen MR) is 424 cm³/mol. The molecule has 0 bridgehead atoms. The van der Waals surface area contributed by atoms with E-state index in [-0.39, 0.29) is 32.0 Å². The topological polar surface area (TPSA) is 111 Å². The molecule has 0 N–H and O–H groups in total. The number of hydrogen-bond donors (Lipinski definition) is 0. The Morgan fingerprint density at radius 1 is 0.327 bits per heavy atom. The average molecular weight is 1390 g/mol. The summed E-state index contributed by atoms with van der Waals surface area (Å²) < 4.78 is 34.4. The molecule has 0 aliphatic heterocycles. The van der Waals surface area contributed by atoms with E-state index in [0.29, 0.717) is 17.4 Å². The second-order valence-corrected chi connectivity index (χ2v) is 29.8. The van der Waals surface area contributed by atoms with Crippen LogP contribution in [0.25, 0.3) is 0 Å². The third kappa shape index (κ3) is 81.1. The number of phosphoric acid groups is 1. The second kappa shape index (κ2) is 77.3. The maximum atomic E-state index is 12.9. The van der Waals surface area contributed by atoms with Crippen LogP contribution in [0.2, 0.25) is 0 Å². The van der Waals surface area contributed by atoms with Crippen molar-refractivity contribution in [3.05, 3.63) is 134 Å². The number of carbonyl (C=O) groups excluding carboxylic acids is 2. The third-order valence-electron chi connectivity index (χ3n) is 17.7. The van der Waals surface area contributed by atoms with E-state index in [0.717, 1.165) is 109 Å². The SMILES string of the molecule is CC/C=C\C/C=C\C/C=C\C/C=C\C/C=C\C/C=C\C/C=C\C/C=C\CCCCCCCCCCCCC(=O)OC(COC(=O)CCCCCCCCCCCCCCCCCCCCCCCCCC/C=C\C/C=C\C/C=C\CCCCCCC)COP(=O)([O-])OCC[N+](C)(C)C. The molecule has 0 aromatic rings. The summed E-state index contributed by atoms with van der Waals surface area (Å²) in [6, 6.07) is 0. The van der Waals surface area contributed by atoms with Crippen molar-refractivity contribution >= 4 is 19.8 Å². The monoisotopic (exact) mass is 1380 g/mol. The molecule has 0 aromatic heterocycles. The highest BCUT2D eigenvalue weighted by molar-refractivity contribution is 7.45. The minimum atomic E-state index is -4.65. The van der Waals surface area contributed by atoms with Crippen LogP contribution >= 0.6 is 7.82 Å². The number of quaternary nitrogens is 1. The zero-order valence-electron chi connectivity index (χ0n) is 64.5. The lowest BCUT2D eigenvalue weighted by molar-refractivity contribution is -0.870. The first kappa shape index (κ1) is 94.2. The molecule has 0 rings (SSSR count). The molecule has 0 saturated heterocycles. The van der Waals surface area contributed by atoms with Crippen LogP contribution in [0.15, 0.2) is 134 Å². The summed E-state index contributed by atoms with van der Waals surface area (Å²) in [6.07, 6.45) is 113. The van der Waals surface area contributed by atoms with Gasteiger partial charge in [-0.2, -0.15) is 0 Å². The smallest absolute Gasteiger partial charge is 0.306 e. The second-order valence-electron chi connectivity index (χ2n) is 28.4. The van der Waals surface area contributed by atoms with E-state index < -0.39 is 26.5 Å². The van der Waals surface area contributed by atoms with Gasteiger partial charge in [0.15, 0.2) is 6.10 Å². The average Bonchev–Trinajstić information content (AvgIpc) is 1.08. The maximum absolute atomic E-state index is 12.9. The van der Waals surface area contributed by atoms with Gasteiger partial charge >= 0.3 is 11.9 Å². The van der Waals surface area contributed by atoms with Gasteiger partial charge < -0.3 is 27.9 Å². The lowest BCUT2D eigenvalue weighted by Gasteiger charge is -2.28. The number of hydrogen-bond acceptors (Lipinski definition) is 8. The molecule has 98 heavy (non-hydrogen) atoms. The molecule has 2 unspecified atom stereocenters. The number of esters is 2. The largest absolute Gasteiger partial charge is 0.756 e. The maximum Gasteiger partial charge on any atom is 0.306 e. The van der Waals surface area contributed by atoms with Gasteiger partial charge in [0.2, 0.25) is 0 Å². The van der Waals surface area contributed by atoms with Gasteiger partial charge in [-0.05, 0) is 116 Å². The van der Waals surface area contributed by atoms with Crippen molar-refractivity contribution in [3.63, 3.8) is 0 Å². The van der Waals surface area contributed by atoms with Crippen molar-refractivity contribution in [1.82, 2.24) is 0 Å². The molecule has 0 aromatic carbocycles. The van der Waals surface area contributed by atoms with Gasteiger partial charge in [-0.1, -0.05) is 366 Å². The Kier molecular flexibility index (Phi) is 74.3. The number of nitrogens with zero attached hydrogens (tertiary/aromatic N) is 1. The number of likely N-dealkylation sites (N-methyl/N-ethyl adjacent to an activating group) is 1. The minimum Gasteiger partial charge on any atom is -0.756 e. The first-order valence-electron chi connectivity index (χ1n) is 40.9. The fraction of sp³-hybridized carbons (Fsp3) is 0.727. The van der Waals surface area contributed by atoms with E-state index in [1.807, 2.05) is 21.1 Å². The number of phosphoric ester groups is 1. The van der Waals surface area contributed by atoms with E-state index in [2.05, 4.69) is 148 Å². The van der Waals surface area contributed by atoms with E-state index in [1.54, 1.807) is 0 Å². The summed E-state index contributed by atoms with van der Waals surface area (Å²) in [4.78, 5) is 38.2. The zero-order valence-corrected chi connectivity index (χ0v) is 65.3. The van der Waals surface area contributed by atoms with E-state index in [1.165, 1.54) is 218 Å². The number of allylic oxidation sites excluding steroid dienone is 22. The quantitative estimate of drug-likeness (QED) is 0.0195. The van der Waals surface area contributed by atoms with Gasteiger partial charge in [-0.3, -0.25) is 14.2 Å². The van der Waals surface area contributed by atoms with Gasteiger partial charge in [-0.15, -0.1) is 0 Å². The zero-order chi connectivity index (χ0) is 71.1. The summed E-state index contributed by atoms with van der Waals surface area (Å²) >= 11 is 0. The normalized spacial score (nSPS) is 13.7. The predicted octanol–water partition coefficient (Wildman–Crippen LogP) is 26.9.